The number of methoxy groups -OCH3 is 1. The predicted molar refractivity (Wildman–Crippen MR) is 130 cm³/mol. The van der Waals surface area contributed by atoms with Crippen molar-refractivity contribution in [2.75, 3.05) is 27.2 Å². The molecule has 4 amide bonds. The molecule has 1 aliphatic heterocycles. The first-order chi connectivity index (χ1) is 15.3. The van der Waals surface area contributed by atoms with E-state index in [1.54, 1.807) is 16.8 Å². The van der Waals surface area contributed by atoms with E-state index in [9.17, 15) is 19.2 Å². The number of nitrogens with zero attached hydrogens (tertiary/aromatic N) is 2. The first-order valence-corrected chi connectivity index (χ1v) is 12.0. The van der Waals surface area contributed by atoms with Gasteiger partial charge in [0.25, 0.3) is 0 Å². The third-order valence-electron chi connectivity index (χ3n) is 7.67. The second-order valence-electron chi connectivity index (χ2n) is 12.6. The molecule has 5 atom stereocenters. The van der Waals surface area contributed by atoms with Gasteiger partial charge in [0.1, 0.15) is 12.1 Å². The highest BCUT2D eigenvalue weighted by Gasteiger charge is 2.70. The van der Waals surface area contributed by atoms with E-state index in [0.29, 0.717) is 13.1 Å². The summed E-state index contributed by atoms with van der Waals surface area (Å²) in [7, 11) is 3.03. The number of hydrogen-bond acceptors (Lipinski definition) is 5. The van der Waals surface area contributed by atoms with E-state index in [2.05, 4.69) is 24.5 Å². The first-order valence-electron chi connectivity index (χ1n) is 12.0. The highest BCUT2D eigenvalue weighted by Crippen LogP contribution is 2.65. The topological polar surface area (TPSA) is 108 Å². The van der Waals surface area contributed by atoms with E-state index >= 15 is 0 Å². The quantitative estimate of drug-likeness (QED) is 0.567. The van der Waals surface area contributed by atoms with Crippen LogP contribution >= 0.6 is 0 Å². The van der Waals surface area contributed by atoms with Gasteiger partial charge in [-0.15, -0.1) is 0 Å². The fourth-order valence-electron chi connectivity index (χ4n) is 4.99. The van der Waals surface area contributed by atoms with Gasteiger partial charge in [-0.25, -0.2) is 9.59 Å². The molecule has 1 saturated carbocycles. The number of esters is 1. The summed E-state index contributed by atoms with van der Waals surface area (Å²) in [6, 6.07) is -2.30. The fourth-order valence-corrected chi connectivity index (χ4v) is 4.99. The average Bonchev–Trinajstić information content (AvgIpc) is 3.02. The summed E-state index contributed by atoms with van der Waals surface area (Å²) in [5, 5.41) is 5.83. The van der Waals surface area contributed by atoms with Crippen LogP contribution in [-0.2, 0) is 19.1 Å². The minimum absolute atomic E-state index is 0.0136. The number of fused-ring (bicyclic) bond motifs is 1. The van der Waals surface area contributed by atoms with Crippen molar-refractivity contribution >= 4 is 23.8 Å². The lowest BCUT2D eigenvalue weighted by Crippen LogP contribution is -2.61. The molecule has 9 heteroatoms. The third-order valence-corrected chi connectivity index (χ3v) is 7.67. The molecule has 34 heavy (non-hydrogen) atoms. The molecule has 0 spiro atoms. The van der Waals surface area contributed by atoms with Gasteiger partial charge in [0.2, 0.25) is 11.8 Å². The van der Waals surface area contributed by atoms with E-state index in [0.717, 1.165) is 0 Å². The largest absolute Gasteiger partial charge is 0.467 e. The van der Waals surface area contributed by atoms with Crippen molar-refractivity contribution in [3.63, 3.8) is 0 Å². The monoisotopic (exact) mass is 480 g/mol. The predicted octanol–water partition coefficient (Wildman–Crippen LogP) is 2.25. The van der Waals surface area contributed by atoms with E-state index in [4.69, 9.17) is 4.74 Å². The van der Waals surface area contributed by atoms with E-state index < -0.39 is 29.5 Å². The number of piperidine rings is 1. The number of nitrogens with one attached hydrogen (secondary N) is 2. The number of likely N-dealkylation sites (N-methyl/N-ethyl adjacent to an activating group) is 1. The summed E-state index contributed by atoms with van der Waals surface area (Å²) >= 11 is 0. The smallest absolute Gasteiger partial charge is 0.328 e. The summed E-state index contributed by atoms with van der Waals surface area (Å²) in [6.45, 7) is 18.1. The third kappa shape index (κ3) is 5.66. The SMILES string of the molecule is COC(=O)[C@@H]1[C@@H]2[C@H](CN1C(=O)[C@@H](NC(=O)N[C@H](CN(C)C(C)=O)C(C)(C)C)C(C)(C)C)C2(C)C. The Hall–Kier alpha value is -2.32. The van der Waals surface area contributed by atoms with Crippen molar-refractivity contribution in [1.82, 2.24) is 20.4 Å². The number of ether oxygens (including phenoxy) is 1. The molecular weight excluding hydrogens is 436 g/mol. The Morgan fingerprint density at radius 3 is 2.06 bits per heavy atom. The maximum Gasteiger partial charge on any atom is 0.328 e. The van der Waals surface area contributed by atoms with Crippen LogP contribution < -0.4 is 10.6 Å². The average molecular weight is 481 g/mol. The Kier molecular flexibility index (Phi) is 7.70. The van der Waals surface area contributed by atoms with Crippen LogP contribution in [0.3, 0.4) is 0 Å². The molecule has 0 aromatic rings. The first kappa shape index (κ1) is 27.9. The maximum absolute atomic E-state index is 13.7. The van der Waals surface area contributed by atoms with Gasteiger partial charge in [-0.3, -0.25) is 9.59 Å². The molecule has 2 fully saturated rings. The Morgan fingerprint density at radius 2 is 1.62 bits per heavy atom. The molecule has 0 radical (unpaired) electrons. The van der Waals surface area contributed by atoms with Crippen molar-refractivity contribution in [2.45, 2.75) is 80.4 Å². The van der Waals surface area contributed by atoms with E-state index in [1.165, 1.54) is 14.0 Å². The van der Waals surface area contributed by atoms with Crippen LogP contribution in [0.2, 0.25) is 0 Å². The van der Waals surface area contributed by atoms with Gasteiger partial charge in [0.05, 0.1) is 13.2 Å². The zero-order chi connectivity index (χ0) is 26.4. The minimum atomic E-state index is -0.841. The maximum atomic E-state index is 13.7. The minimum Gasteiger partial charge on any atom is -0.467 e. The summed E-state index contributed by atoms with van der Waals surface area (Å²) in [6.07, 6.45) is 0. The molecule has 9 nitrogen and oxygen atoms in total. The summed E-state index contributed by atoms with van der Waals surface area (Å²) in [4.78, 5) is 54.3. The molecule has 2 N–H and O–H groups in total. The number of carbonyl (C=O) groups excluding carboxylic acids is 4. The Morgan fingerprint density at radius 1 is 1.06 bits per heavy atom. The number of hydrogen-bond donors (Lipinski definition) is 2. The summed E-state index contributed by atoms with van der Waals surface area (Å²) < 4.78 is 5.03. The standard InChI is InChI=1S/C25H44N4O5/c1-14(30)28(10)13-16(23(2,3)4)26-22(33)27-19(24(5,6)7)20(31)29-12-15-17(25(15,8)9)18(29)21(32)34-11/h15-19H,12-13H2,1-11H3,(H2,26,27,33)/t15-,16+,17-,18-,19+/m0/s1. The molecule has 0 aromatic carbocycles. The zero-order valence-electron chi connectivity index (χ0n) is 22.7. The van der Waals surface area contributed by atoms with Gasteiger partial charge in [0.15, 0.2) is 0 Å². The number of urea groups is 1. The van der Waals surface area contributed by atoms with Gasteiger partial charge in [0, 0.05) is 33.0 Å². The van der Waals surface area contributed by atoms with Crippen molar-refractivity contribution < 1.29 is 23.9 Å². The lowest BCUT2D eigenvalue weighted by Gasteiger charge is -2.38. The molecule has 0 unspecified atom stereocenters. The second-order valence-corrected chi connectivity index (χ2v) is 12.6. The Bertz CT molecular complexity index is 826. The van der Waals surface area contributed by atoms with Gasteiger partial charge in [-0.2, -0.15) is 0 Å². The van der Waals surface area contributed by atoms with Crippen molar-refractivity contribution in [1.29, 1.82) is 0 Å². The van der Waals surface area contributed by atoms with Crippen LogP contribution in [0.1, 0.15) is 62.3 Å². The van der Waals surface area contributed by atoms with Gasteiger partial charge < -0.3 is 25.2 Å². The molecule has 0 bridgehead atoms. The summed E-state index contributed by atoms with van der Waals surface area (Å²) in [5.41, 5.74) is -0.925. The van der Waals surface area contributed by atoms with Crippen molar-refractivity contribution in [3.05, 3.63) is 0 Å². The molecule has 2 rings (SSSR count). The lowest BCUT2D eigenvalue weighted by atomic mass is 9.85. The van der Waals surface area contributed by atoms with E-state index in [-0.39, 0.29) is 40.5 Å². The zero-order valence-corrected chi connectivity index (χ0v) is 22.7. The van der Waals surface area contributed by atoms with Gasteiger partial charge in [-0.05, 0) is 22.2 Å². The second kappa shape index (κ2) is 9.38. The van der Waals surface area contributed by atoms with Gasteiger partial charge in [-0.1, -0.05) is 55.4 Å². The van der Waals surface area contributed by atoms with E-state index in [1.807, 2.05) is 41.5 Å². The summed E-state index contributed by atoms with van der Waals surface area (Å²) in [5.74, 6) is -0.491. The molecule has 1 aliphatic carbocycles. The number of rotatable bonds is 6. The van der Waals surface area contributed by atoms with Crippen molar-refractivity contribution in [3.8, 4) is 0 Å². The normalized spacial score (nSPS) is 25.0. The molecule has 0 aromatic heterocycles. The van der Waals surface area contributed by atoms with Crippen molar-refractivity contribution in [2.24, 2.45) is 28.1 Å². The fraction of sp³-hybridized carbons (Fsp3) is 0.840. The molecule has 1 saturated heterocycles. The van der Waals surface area contributed by atoms with Crippen LogP contribution in [0.4, 0.5) is 4.79 Å². The lowest BCUT2D eigenvalue weighted by molar-refractivity contribution is -0.154. The Balaban J connectivity index is 2.21. The number of amides is 4. The van der Waals surface area contributed by atoms with Crippen LogP contribution in [0.25, 0.3) is 0 Å². The highest BCUT2D eigenvalue weighted by molar-refractivity contribution is 5.92. The Labute approximate surface area is 204 Å². The molecule has 1 heterocycles. The van der Waals surface area contributed by atoms with Crippen LogP contribution in [0.15, 0.2) is 0 Å². The van der Waals surface area contributed by atoms with Crippen LogP contribution in [0.5, 0.6) is 0 Å². The number of carbonyl (C=O) groups is 4. The van der Waals surface area contributed by atoms with Crippen LogP contribution in [-0.4, -0.2) is 79.0 Å². The molecular formula is C25H44N4O5. The number of likely N-dealkylation sites (tertiary alicyclic amines) is 1. The molecule has 2 aliphatic rings. The highest BCUT2D eigenvalue weighted by atomic mass is 16.5. The van der Waals surface area contributed by atoms with Gasteiger partial charge >= 0.3 is 12.0 Å². The van der Waals surface area contributed by atoms with Crippen LogP contribution in [0, 0.1) is 28.1 Å². The molecule has 194 valence electrons.